The molecular weight excluding hydrogens is 347 g/mol. The van der Waals surface area contributed by atoms with E-state index in [4.69, 9.17) is 4.74 Å². The highest BCUT2D eigenvalue weighted by atomic mass is 19.4. The summed E-state index contributed by atoms with van der Waals surface area (Å²) in [4.78, 5) is 8.39. The molecule has 0 fully saturated rings. The van der Waals surface area contributed by atoms with E-state index in [0.717, 1.165) is 12.1 Å². The minimum atomic E-state index is -4.40. The van der Waals surface area contributed by atoms with Gasteiger partial charge in [0.2, 0.25) is 5.88 Å². The number of hydrogen-bond donors (Lipinski definition) is 1. The molecule has 0 aliphatic heterocycles. The topological polar surface area (TPSA) is 76.6 Å². The average molecular weight is 357 g/mol. The summed E-state index contributed by atoms with van der Waals surface area (Å²) in [5.41, 5.74) is 1.70. The predicted molar refractivity (Wildman–Crippen MR) is 86.4 cm³/mol. The van der Waals surface area contributed by atoms with Gasteiger partial charge in [0.25, 0.3) is 0 Å². The van der Waals surface area contributed by atoms with Crippen molar-refractivity contribution < 1.29 is 17.9 Å². The summed E-state index contributed by atoms with van der Waals surface area (Å²) in [5, 5.41) is 10.3. The third kappa shape index (κ3) is 3.06. The van der Waals surface area contributed by atoms with Crippen molar-refractivity contribution in [2.24, 2.45) is 0 Å². The maximum absolute atomic E-state index is 12.7. The number of fused-ring (bicyclic) bond motifs is 1. The van der Waals surface area contributed by atoms with Gasteiger partial charge in [-0.3, -0.25) is 0 Å². The molecule has 130 valence electrons. The van der Waals surface area contributed by atoms with Crippen molar-refractivity contribution in [3.63, 3.8) is 0 Å². The van der Waals surface area contributed by atoms with Gasteiger partial charge in [-0.15, -0.1) is 5.10 Å². The van der Waals surface area contributed by atoms with Crippen molar-refractivity contribution >= 4 is 11.2 Å². The quantitative estimate of drug-likeness (QED) is 0.594. The number of alkyl halides is 3. The molecule has 0 saturated heterocycles. The van der Waals surface area contributed by atoms with Crippen molar-refractivity contribution in [1.82, 2.24) is 25.4 Å². The molecule has 0 radical (unpaired) electrons. The molecule has 0 aliphatic rings. The van der Waals surface area contributed by atoms with Crippen LogP contribution in [0.5, 0.6) is 11.6 Å². The maximum Gasteiger partial charge on any atom is 0.416 e. The van der Waals surface area contributed by atoms with E-state index in [9.17, 15) is 13.2 Å². The molecule has 0 aliphatic carbocycles. The highest BCUT2D eigenvalue weighted by molar-refractivity contribution is 5.78. The first-order chi connectivity index (χ1) is 12.5. The van der Waals surface area contributed by atoms with E-state index in [0.29, 0.717) is 22.3 Å². The number of ether oxygens (including phenoxy) is 1. The molecule has 26 heavy (non-hydrogen) atoms. The smallest absolute Gasteiger partial charge is 0.416 e. The van der Waals surface area contributed by atoms with Crippen LogP contribution in [-0.4, -0.2) is 25.4 Å². The summed E-state index contributed by atoms with van der Waals surface area (Å²) in [5.74, 6) is 0.491. The molecule has 0 saturated carbocycles. The third-order valence-corrected chi connectivity index (χ3v) is 3.66. The molecule has 3 aromatic heterocycles. The Bertz CT molecular complexity index is 1060. The van der Waals surface area contributed by atoms with Gasteiger partial charge in [-0.25, -0.2) is 15.1 Å². The highest BCUT2D eigenvalue weighted by Crippen LogP contribution is 2.34. The van der Waals surface area contributed by atoms with E-state index in [1.165, 1.54) is 18.3 Å². The second-order valence-electron chi connectivity index (χ2n) is 5.38. The minimum absolute atomic E-state index is 0.244. The second kappa shape index (κ2) is 6.10. The summed E-state index contributed by atoms with van der Waals surface area (Å²) in [7, 11) is 0. The molecule has 4 rings (SSSR count). The summed E-state index contributed by atoms with van der Waals surface area (Å²) in [6.07, 6.45) is -1.25. The van der Waals surface area contributed by atoms with E-state index in [-0.39, 0.29) is 11.6 Å². The first-order valence-electron chi connectivity index (χ1n) is 7.48. The molecule has 0 bridgehead atoms. The van der Waals surface area contributed by atoms with E-state index in [1.807, 2.05) is 0 Å². The zero-order valence-electron chi connectivity index (χ0n) is 13.0. The second-order valence-corrected chi connectivity index (χ2v) is 5.38. The van der Waals surface area contributed by atoms with Crippen LogP contribution >= 0.6 is 0 Å². The molecule has 0 amide bonds. The normalized spacial score (nSPS) is 11.7. The number of aromatic amines is 1. The molecular formula is C17H10F3N5O. The number of halogens is 3. The van der Waals surface area contributed by atoms with Gasteiger partial charge in [0.15, 0.2) is 5.65 Å². The van der Waals surface area contributed by atoms with E-state index in [2.05, 4.69) is 25.4 Å². The van der Waals surface area contributed by atoms with Crippen LogP contribution in [0.25, 0.3) is 22.3 Å². The summed E-state index contributed by atoms with van der Waals surface area (Å²) >= 11 is 0. The van der Waals surface area contributed by atoms with Gasteiger partial charge in [0, 0.05) is 23.5 Å². The molecule has 3 heterocycles. The maximum atomic E-state index is 12.7. The van der Waals surface area contributed by atoms with Gasteiger partial charge in [-0.2, -0.15) is 13.2 Å². The lowest BCUT2D eigenvalue weighted by Crippen LogP contribution is -2.04. The van der Waals surface area contributed by atoms with Crippen LogP contribution in [0.15, 0.2) is 54.9 Å². The number of rotatable bonds is 3. The standard InChI is InChI=1S/C17H10F3N5O/c18-17(19,20)11-3-5-12(6-4-11)26-16-13(2-1-7-21-16)10-8-14-15(22-9-10)24-25-23-14/h1-9H,(H,22,23,24,25). The fourth-order valence-electron chi connectivity index (χ4n) is 2.40. The Balaban J connectivity index is 1.67. The number of benzene rings is 1. The highest BCUT2D eigenvalue weighted by Gasteiger charge is 2.30. The Morgan fingerprint density at radius 3 is 2.58 bits per heavy atom. The molecule has 9 heteroatoms. The molecule has 0 unspecified atom stereocenters. The predicted octanol–water partition coefficient (Wildman–Crippen LogP) is 4.23. The van der Waals surface area contributed by atoms with Crippen LogP contribution in [0.1, 0.15) is 5.56 Å². The van der Waals surface area contributed by atoms with Crippen molar-refractivity contribution in [1.29, 1.82) is 0 Å². The van der Waals surface area contributed by atoms with Crippen molar-refractivity contribution in [2.45, 2.75) is 6.18 Å². The van der Waals surface area contributed by atoms with E-state index >= 15 is 0 Å². The Labute approximate surface area is 144 Å². The van der Waals surface area contributed by atoms with Crippen LogP contribution in [0.2, 0.25) is 0 Å². The number of hydrogen-bond acceptors (Lipinski definition) is 5. The van der Waals surface area contributed by atoms with E-state index in [1.54, 1.807) is 24.4 Å². The average Bonchev–Trinajstić information content (AvgIpc) is 3.09. The van der Waals surface area contributed by atoms with Gasteiger partial charge in [-0.05, 0) is 42.5 Å². The lowest BCUT2D eigenvalue weighted by atomic mass is 10.1. The van der Waals surface area contributed by atoms with Gasteiger partial charge in [0.1, 0.15) is 11.3 Å². The monoisotopic (exact) mass is 357 g/mol. The summed E-state index contributed by atoms with van der Waals surface area (Å²) < 4.78 is 43.7. The Hall–Kier alpha value is -3.49. The fourth-order valence-corrected chi connectivity index (χ4v) is 2.40. The third-order valence-electron chi connectivity index (χ3n) is 3.66. The van der Waals surface area contributed by atoms with Crippen LogP contribution in [0.4, 0.5) is 13.2 Å². The van der Waals surface area contributed by atoms with Gasteiger partial charge in [0.05, 0.1) is 5.56 Å². The number of H-pyrrole nitrogens is 1. The van der Waals surface area contributed by atoms with Crippen LogP contribution in [-0.2, 0) is 6.18 Å². The molecule has 4 aromatic rings. The molecule has 1 N–H and O–H groups in total. The fraction of sp³-hybridized carbons (Fsp3) is 0.0588. The van der Waals surface area contributed by atoms with Crippen molar-refractivity contribution in [2.75, 3.05) is 0 Å². The summed E-state index contributed by atoms with van der Waals surface area (Å²) in [6, 6.07) is 9.68. The van der Waals surface area contributed by atoms with Gasteiger partial charge < -0.3 is 4.74 Å². The van der Waals surface area contributed by atoms with Crippen LogP contribution in [0, 0.1) is 0 Å². The molecule has 0 atom stereocenters. The van der Waals surface area contributed by atoms with Crippen LogP contribution < -0.4 is 4.74 Å². The molecule has 1 aromatic carbocycles. The lowest BCUT2D eigenvalue weighted by Gasteiger charge is -2.11. The number of aromatic nitrogens is 5. The first-order valence-corrected chi connectivity index (χ1v) is 7.48. The van der Waals surface area contributed by atoms with Gasteiger partial charge >= 0.3 is 6.18 Å². The minimum Gasteiger partial charge on any atom is -0.438 e. The van der Waals surface area contributed by atoms with Gasteiger partial charge in [-0.1, -0.05) is 5.21 Å². The number of nitrogens with zero attached hydrogens (tertiary/aromatic N) is 4. The molecule has 6 nitrogen and oxygen atoms in total. The zero-order valence-corrected chi connectivity index (χ0v) is 13.0. The number of nitrogens with one attached hydrogen (secondary N) is 1. The SMILES string of the molecule is FC(F)(F)c1ccc(Oc2ncccc2-c2cnc3[nH]nnc3c2)cc1. The summed E-state index contributed by atoms with van der Waals surface area (Å²) in [6.45, 7) is 0. The zero-order chi connectivity index (χ0) is 18.1. The lowest BCUT2D eigenvalue weighted by molar-refractivity contribution is -0.137. The molecule has 0 spiro atoms. The Kier molecular flexibility index (Phi) is 3.76. The van der Waals surface area contributed by atoms with Crippen LogP contribution in [0.3, 0.4) is 0 Å². The Morgan fingerprint density at radius 2 is 1.81 bits per heavy atom. The van der Waals surface area contributed by atoms with E-state index < -0.39 is 11.7 Å². The number of pyridine rings is 2. The Morgan fingerprint density at radius 1 is 1.00 bits per heavy atom. The largest absolute Gasteiger partial charge is 0.438 e. The van der Waals surface area contributed by atoms with Crippen molar-refractivity contribution in [3.05, 3.63) is 60.4 Å². The van der Waals surface area contributed by atoms with Crippen molar-refractivity contribution in [3.8, 4) is 22.8 Å². The first kappa shape index (κ1) is 16.0.